The molecule has 2 aromatic carbocycles. The highest BCUT2D eigenvalue weighted by molar-refractivity contribution is 5.85. The molecule has 1 saturated heterocycles. The summed E-state index contributed by atoms with van der Waals surface area (Å²) in [6.45, 7) is 4.09. The number of likely N-dealkylation sites (N-methyl/N-ethyl adjacent to an activating group) is 1. The summed E-state index contributed by atoms with van der Waals surface area (Å²) in [6, 6.07) is 18.2. The van der Waals surface area contributed by atoms with E-state index in [2.05, 4.69) is 38.4 Å². The molecule has 0 unspecified atom stereocenters. The SMILES string of the molecule is CN1CCN(C(=O)C2CCC(c3nc(-c4cccc(OCc5ccccc5)c4)c4c(N)nccn34)CC2)CC1. The van der Waals surface area contributed by atoms with Crippen LogP contribution in [0.4, 0.5) is 5.82 Å². The summed E-state index contributed by atoms with van der Waals surface area (Å²) in [5, 5.41) is 0. The summed E-state index contributed by atoms with van der Waals surface area (Å²) in [5.74, 6) is 2.94. The van der Waals surface area contributed by atoms with Crippen molar-refractivity contribution in [1.29, 1.82) is 0 Å². The van der Waals surface area contributed by atoms with Gasteiger partial charge in [0.1, 0.15) is 35.2 Å². The molecule has 2 aliphatic rings. The van der Waals surface area contributed by atoms with Gasteiger partial charge in [-0.2, -0.15) is 0 Å². The minimum Gasteiger partial charge on any atom is -0.489 e. The van der Waals surface area contributed by atoms with Crippen molar-refractivity contribution in [2.45, 2.75) is 38.2 Å². The lowest BCUT2D eigenvalue weighted by atomic mass is 9.81. The van der Waals surface area contributed by atoms with Gasteiger partial charge in [-0.3, -0.25) is 9.20 Å². The minimum absolute atomic E-state index is 0.112. The number of benzene rings is 2. The molecular weight excluding hydrogens is 488 g/mol. The number of amides is 1. The van der Waals surface area contributed by atoms with Gasteiger partial charge >= 0.3 is 0 Å². The molecule has 8 heteroatoms. The van der Waals surface area contributed by atoms with Gasteiger partial charge in [0.15, 0.2) is 0 Å². The van der Waals surface area contributed by atoms with Crippen molar-refractivity contribution in [3.8, 4) is 17.0 Å². The lowest BCUT2D eigenvalue weighted by molar-refractivity contribution is -0.138. The largest absolute Gasteiger partial charge is 0.489 e. The van der Waals surface area contributed by atoms with E-state index in [4.69, 9.17) is 15.5 Å². The summed E-state index contributed by atoms with van der Waals surface area (Å²) >= 11 is 0. The van der Waals surface area contributed by atoms with Crippen LogP contribution in [0.2, 0.25) is 0 Å². The van der Waals surface area contributed by atoms with E-state index in [1.807, 2.05) is 48.7 Å². The predicted octanol–water partition coefficient (Wildman–Crippen LogP) is 4.61. The van der Waals surface area contributed by atoms with E-state index in [0.717, 1.165) is 85.8 Å². The third kappa shape index (κ3) is 5.34. The maximum atomic E-state index is 13.2. The number of aromatic nitrogens is 3. The number of rotatable bonds is 6. The molecule has 1 saturated carbocycles. The molecule has 0 spiro atoms. The standard InChI is InChI=1S/C31H36N6O2/c1-35-16-18-36(19-17-35)31(38)24-12-10-23(11-13-24)30-34-27(28-29(32)33-14-15-37(28)30)25-8-5-9-26(20-25)39-21-22-6-3-2-4-7-22/h2-9,14-15,20,23-24H,10-13,16-19,21H2,1H3,(H2,32,33). The van der Waals surface area contributed by atoms with E-state index < -0.39 is 0 Å². The van der Waals surface area contributed by atoms with Crippen LogP contribution in [0.25, 0.3) is 16.8 Å². The number of nitrogens with zero attached hydrogens (tertiary/aromatic N) is 5. The van der Waals surface area contributed by atoms with E-state index in [9.17, 15) is 4.79 Å². The summed E-state index contributed by atoms with van der Waals surface area (Å²) < 4.78 is 8.19. The molecule has 3 heterocycles. The first-order valence-electron chi connectivity index (χ1n) is 13.9. The first kappa shape index (κ1) is 25.4. The Balaban J connectivity index is 1.21. The molecule has 6 rings (SSSR count). The Hall–Kier alpha value is -3.91. The van der Waals surface area contributed by atoms with Crippen molar-refractivity contribution in [2.75, 3.05) is 39.0 Å². The molecule has 0 atom stereocenters. The smallest absolute Gasteiger partial charge is 0.225 e. The zero-order valence-corrected chi connectivity index (χ0v) is 22.5. The Morgan fingerprint density at radius 2 is 1.77 bits per heavy atom. The number of nitrogens with two attached hydrogens (primary N) is 1. The number of anilines is 1. The van der Waals surface area contributed by atoms with Gasteiger partial charge < -0.3 is 20.3 Å². The number of piperazine rings is 1. The fourth-order valence-electron chi connectivity index (χ4n) is 5.93. The number of imidazole rings is 1. The van der Waals surface area contributed by atoms with E-state index >= 15 is 0 Å². The van der Waals surface area contributed by atoms with Crippen molar-refractivity contribution < 1.29 is 9.53 Å². The first-order valence-corrected chi connectivity index (χ1v) is 13.9. The lowest BCUT2D eigenvalue weighted by Gasteiger charge is -2.36. The topological polar surface area (TPSA) is 89.0 Å². The summed E-state index contributed by atoms with van der Waals surface area (Å²) in [4.78, 5) is 27.1. The molecule has 0 radical (unpaired) electrons. The molecule has 1 amide bonds. The Kier molecular flexibility index (Phi) is 7.20. The zero-order chi connectivity index (χ0) is 26.8. The highest BCUT2D eigenvalue weighted by Crippen LogP contribution is 2.39. The summed E-state index contributed by atoms with van der Waals surface area (Å²) in [7, 11) is 2.12. The zero-order valence-electron chi connectivity index (χ0n) is 22.5. The number of carbonyl (C=O) groups excluding carboxylic acids is 1. The minimum atomic E-state index is 0.112. The second-order valence-corrected chi connectivity index (χ2v) is 10.8. The summed E-state index contributed by atoms with van der Waals surface area (Å²) in [6.07, 6.45) is 7.34. The van der Waals surface area contributed by atoms with Gasteiger partial charge in [0.2, 0.25) is 5.91 Å². The first-order chi connectivity index (χ1) is 19.1. The second kappa shape index (κ2) is 11.1. The summed E-state index contributed by atoms with van der Waals surface area (Å²) in [5.41, 5.74) is 10.1. The average Bonchev–Trinajstić information content (AvgIpc) is 3.38. The molecule has 4 aromatic rings. The van der Waals surface area contributed by atoms with Gasteiger partial charge in [0, 0.05) is 56.0 Å². The predicted molar refractivity (Wildman–Crippen MR) is 152 cm³/mol. The Bertz CT molecular complexity index is 1440. The third-order valence-electron chi connectivity index (χ3n) is 8.22. The second-order valence-electron chi connectivity index (χ2n) is 10.8. The Morgan fingerprint density at radius 1 is 1.00 bits per heavy atom. The number of carbonyl (C=O) groups is 1. The van der Waals surface area contributed by atoms with Crippen LogP contribution in [0, 0.1) is 5.92 Å². The van der Waals surface area contributed by atoms with Gasteiger partial charge in [-0.15, -0.1) is 0 Å². The highest BCUT2D eigenvalue weighted by atomic mass is 16.5. The molecule has 202 valence electrons. The molecule has 2 aromatic heterocycles. The maximum absolute atomic E-state index is 13.2. The van der Waals surface area contributed by atoms with E-state index in [-0.39, 0.29) is 11.8 Å². The average molecular weight is 525 g/mol. The van der Waals surface area contributed by atoms with Gasteiger partial charge in [-0.25, -0.2) is 9.97 Å². The van der Waals surface area contributed by atoms with Crippen LogP contribution in [0.5, 0.6) is 5.75 Å². The monoisotopic (exact) mass is 524 g/mol. The number of hydrogen-bond donors (Lipinski definition) is 1. The molecule has 2 N–H and O–H groups in total. The van der Waals surface area contributed by atoms with Crippen LogP contribution >= 0.6 is 0 Å². The molecule has 39 heavy (non-hydrogen) atoms. The highest BCUT2D eigenvalue weighted by Gasteiger charge is 2.33. The lowest BCUT2D eigenvalue weighted by Crippen LogP contribution is -2.49. The molecule has 2 fully saturated rings. The molecule has 0 bridgehead atoms. The van der Waals surface area contributed by atoms with Crippen LogP contribution in [-0.4, -0.2) is 63.3 Å². The van der Waals surface area contributed by atoms with Crippen molar-refractivity contribution >= 4 is 17.2 Å². The molecular formula is C31H36N6O2. The normalized spacial score (nSPS) is 20.3. The van der Waals surface area contributed by atoms with Crippen molar-refractivity contribution in [1.82, 2.24) is 24.2 Å². The van der Waals surface area contributed by atoms with Crippen molar-refractivity contribution in [3.63, 3.8) is 0 Å². The molecule has 1 aliphatic heterocycles. The Labute approximate surface area is 229 Å². The van der Waals surface area contributed by atoms with Crippen LogP contribution in [-0.2, 0) is 11.4 Å². The van der Waals surface area contributed by atoms with E-state index in [1.54, 1.807) is 6.20 Å². The fourth-order valence-corrected chi connectivity index (χ4v) is 5.93. The van der Waals surface area contributed by atoms with Crippen molar-refractivity contribution in [3.05, 3.63) is 78.4 Å². The number of hydrogen-bond acceptors (Lipinski definition) is 6. The fraction of sp³-hybridized carbons (Fsp3) is 0.387. The maximum Gasteiger partial charge on any atom is 0.225 e. The van der Waals surface area contributed by atoms with Crippen LogP contribution in [0.15, 0.2) is 67.0 Å². The van der Waals surface area contributed by atoms with Gasteiger partial charge in [-0.05, 0) is 50.4 Å². The molecule has 1 aliphatic carbocycles. The van der Waals surface area contributed by atoms with Gasteiger partial charge in [-0.1, -0.05) is 42.5 Å². The molecule has 8 nitrogen and oxygen atoms in total. The van der Waals surface area contributed by atoms with Gasteiger partial charge in [0.25, 0.3) is 0 Å². The number of fused-ring (bicyclic) bond motifs is 1. The van der Waals surface area contributed by atoms with E-state index in [0.29, 0.717) is 18.3 Å². The number of nitrogen functional groups attached to an aromatic ring is 1. The van der Waals surface area contributed by atoms with Crippen LogP contribution < -0.4 is 10.5 Å². The van der Waals surface area contributed by atoms with Crippen molar-refractivity contribution in [2.24, 2.45) is 5.92 Å². The van der Waals surface area contributed by atoms with Gasteiger partial charge in [0.05, 0.1) is 0 Å². The quantitative estimate of drug-likeness (QED) is 0.396. The number of ether oxygens (including phenoxy) is 1. The van der Waals surface area contributed by atoms with E-state index in [1.165, 1.54) is 0 Å². The van der Waals surface area contributed by atoms with Crippen LogP contribution in [0.1, 0.15) is 43.0 Å². The van der Waals surface area contributed by atoms with Crippen LogP contribution in [0.3, 0.4) is 0 Å². The Morgan fingerprint density at radius 3 is 2.54 bits per heavy atom. The third-order valence-corrected chi connectivity index (χ3v) is 8.22.